The lowest BCUT2D eigenvalue weighted by Crippen LogP contribution is -2.37. The van der Waals surface area contributed by atoms with Crippen molar-refractivity contribution in [2.24, 2.45) is 14.1 Å². The number of benzene rings is 1. The van der Waals surface area contributed by atoms with E-state index in [0.29, 0.717) is 34.8 Å². The lowest BCUT2D eigenvalue weighted by Gasteiger charge is -2.06. The molecular weight excluding hydrogens is 430 g/mol. The number of carbonyl (C=O) groups is 1. The van der Waals surface area contributed by atoms with Crippen LogP contribution >= 0.6 is 11.3 Å². The number of imidazole rings is 1. The molecule has 0 aliphatic rings. The Morgan fingerprint density at radius 3 is 2.66 bits per heavy atom. The Morgan fingerprint density at radius 2 is 1.94 bits per heavy atom. The SMILES string of the molecule is Cn1c(=O)c2c(ncn2CCCC(=O)Nc2nc(-c3ccc(C#N)cc3)cs2)n(C)c1=O. The molecule has 0 aliphatic heterocycles. The minimum atomic E-state index is -0.434. The Labute approximate surface area is 186 Å². The second-order valence-corrected chi connectivity index (χ2v) is 8.05. The topological polar surface area (TPSA) is 128 Å². The number of fused-ring (bicyclic) bond motifs is 1. The first kappa shape index (κ1) is 21.2. The number of anilines is 1. The van der Waals surface area contributed by atoms with E-state index < -0.39 is 11.2 Å². The maximum atomic E-state index is 12.5. The van der Waals surface area contributed by atoms with Gasteiger partial charge in [0.25, 0.3) is 5.56 Å². The average Bonchev–Trinajstić information content (AvgIpc) is 3.44. The molecule has 0 radical (unpaired) electrons. The fourth-order valence-electron chi connectivity index (χ4n) is 3.34. The summed E-state index contributed by atoms with van der Waals surface area (Å²) in [6.07, 6.45) is 2.22. The van der Waals surface area contributed by atoms with Crippen molar-refractivity contribution in [2.45, 2.75) is 19.4 Å². The van der Waals surface area contributed by atoms with E-state index in [2.05, 4.69) is 21.4 Å². The highest BCUT2D eigenvalue weighted by Gasteiger charge is 2.14. The Bertz CT molecular complexity index is 1470. The zero-order valence-corrected chi connectivity index (χ0v) is 18.2. The number of carbonyl (C=O) groups excluding carboxylic acids is 1. The van der Waals surface area contributed by atoms with Gasteiger partial charge in [0.15, 0.2) is 16.3 Å². The van der Waals surface area contributed by atoms with Crippen molar-refractivity contribution in [3.63, 3.8) is 0 Å². The molecule has 0 atom stereocenters. The third-order valence-electron chi connectivity index (χ3n) is 5.08. The molecule has 1 N–H and O–H groups in total. The first-order chi connectivity index (χ1) is 15.4. The molecule has 1 aromatic carbocycles. The van der Waals surface area contributed by atoms with Crippen LogP contribution in [0.2, 0.25) is 0 Å². The van der Waals surface area contributed by atoms with Crippen molar-refractivity contribution in [2.75, 3.05) is 5.32 Å². The number of nitrogens with zero attached hydrogens (tertiary/aromatic N) is 6. The standard InChI is InChI=1S/C21H19N7O3S/c1-26-18-17(19(30)27(2)21(26)31)28(12-23-18)9-3-4-16(29)25-20-24-15(11-32-20)14-7-5-13(10-22)6-8-14/h5-8,11-12H,3-4,9H2,1-2H3,(H,24,25,29). The molecule has 0 saturated heterocycles. The predicted octanol–water partition coefficient (Wildman–Crippen LogP) is 1.85. The Balaban J connectivity index is 1.38. The average molecular weight is 449 g/mol. The quantitative estimate of drug-likeness (QED) is 0.478. The zero-order chi connectivity index (χ0) is 22.8. The Kier molecular flexibility index (Phi) is 5.70. The Morgan fingerprint density at radius 1 is 1.19 bits per heavy atom. The maximum absolute atomic E-state index is 12.5. The summed E-state index contributed by atoms with van der Waals surface area (Å²) in [4.78, 5) is 45.4. The molecule has 0 bridgehead atoms. The van der Waals surface area contributed by atoms with Gasteiger partial charge < -0.3 is 9.88 Å². The van der Waals surface area contributed by atoms with Crippen molar-refractivity contribution in [3.8, 4) is 17.3 Å². The van der Waals surface area contributed by atoms with E-state index in [0.717, 1.165) is 15.8 Å². The lowest BCUT2D eigenvalue weighted by atomic mass is 10.1. The number of amides is 1. The number of thiazole rings is 1. The molecule has 11 heteroatoms. The molecule has 1 amide bonds. The summed E-state index contributed by atoms with van der Waals surface area (Å²) >= 11 is 1.32. The monoisotopic (exact) mass is 449 g/mol. The van der Waals surface area contributed by atoms with Gasteiger partial charge in [-0.25, -0.2) is 14.8 Å². The van der Waals surface area contributed by atoms with Gasteiger partial charge in [0.2, 0.25) is 5.91 Å². The normalized spacial score (nSPS) is 10.9. The summed E-state index contributed by atoms with van der Waals surface area (Å²) in [5.74, 6) is -0.185. The molecule has 0 spiro atoms. The van der Waals surface area contributed by atoms with Gasteiger partial charge in [-0.05, 0) is 18.6 Å². The molecule has 3 heterocycles. The van der Waals surface area contributed by atoms with Crippen LogP contribution in [0.4, 0.5) is 5.13 Å². The van der Waals surface area contributed by atoms with Crippen LogP contribution in [-0.2, 0) is 25.4 Å². The van der Waals surface area contributed by atoms with Gasteiger partial charge in [-0.2, -0.15) is 5.26 Å². The van der Waals surface area contributed by atoms with Crippen molar-refractivity contribution < 1.29 is 4.79 Å². The molecule has 162 valence electrons. The predicted molar refractivity (Wildman–Crippen MR) is 120 cm³/mol. The van der Waals surface area contributed by atoms with Gasteiger partial charge in [0.05, 0.1) is 23.7 Å². The van der Waals surface area contributed by atoms with E-state index >= 15 is 0 Å². The molecule has 4 aromatic rings. The van der Waals surface area contributed by atoms with Gasteiger partial charge in [-0.1, -0.05) is 12.1 Å². The minimum absolute atomic E-state index is 0.185. The minimum Gasteiger partial charge on any atom is -0.325 e. The third-order valence-corrected chi connectivity index (χ3v) is 5.84. The maximum Gasteiger partial charge on any atom is 0.332 e. The molecule has 4 rings (SSSR count). The van der Waals surface area contributed by atoms with E-state index in [1.165, 1.54) is 29.3 Å². The van der Waals surface area contributed by atoms with Gasteiger partial charge in [-0.3, -0.25) is 18.7 Å². The summed E-state index contributed by atoms with van der Waals surface area (Å²) in [5, 5.41) is 14.0. The summed E-state index contributed by atoms with van der Waals surface area (Å²) in [6.45, 7) is 0.408. The molecule has 32 heavy (non-hydrogen) atoms. The number of aromatic nitrogens is 5. The number of nitriles is 1. The number of nitrogens with one attached hydrogen (secondary N) is 1. The highest BCUT2D eigenvalue weighted by Crippen LogP contribution is 2.25. The zero-order valence-electron chi connectivity index (χ0n) is 17.4. The molecule has 0 fully saturated rings. The summed E-state index contributed by atoms with van der Waals surface area (Å²) in [6, 6.07) is 9.14. The third kappa shape index (κ3) is 3.95. The van der Waals surface area contributed by atoms with Gasteiger partial charge >= 0.3 is 5.69 Å². The number of hydrogen-bond donors (Lipinski definition) is 1. The van der Waals surface area contributed by atoms with Crippen molar-refractivity contribution in [1.29, 1.82) is 5.26 Å². The van der Waals surface area contributed by atoms with Crippen LogP contribution in [0.5, 0.6) is 0 Å². The van der Waals surface area contributed by atoms with Crippen molar-refractivity contribution in [1.82, 2.24) is 23.7 Å². The van der Waals surface area contributed by atoms with Gasteiger partial charge in [-0.15, -0.1) is 11.3 Å². The smallest absolute Gasteiger partial charge is 0.325 e. The largest absolute Gasteiger partial charge is 0.332 e. The van der Waals surface area contributed by atoms with E-state index in [1.54, 1.807) is 23.7 Å². The van der Waals surface area contributed by atoms with Crippen LogP contribution < -0.4 is 16.6 Å². The van der Waals surface area contributed by atoms with Crippen LogP contribution in [-0.4, -0.2) is 29.6 Å². The number of aryl methyl sites for hydroxylation is 2. The molecular formula is C21H19N7O3S. The Hall–Kier alpha value is -4.04. The van der Waals surface area contributed by atoms with Crippen LogP contribution in [0, 0.1) is 11.3 Å². The number of hydrogen-bond acceptors (Lipinski definition) is 7. The van der Waals surface area contributed by atoms with Gasteiger partial charge in [0, 0.05) is 38.0 Å². The molecule has 10 nitrogen and oxygen atoms in total. The first-order valence-corrected chi connectivity index (χ1v) is 10.6. The second kappa shape index (κ2) is 8.60. The first-order valence-electron chi connectivity index (χ1n) is 9.76. The van der Waals surface area contributed by atoms with Crippen LogP contribution in [0.1, 0.15) is 18.4 Å². The highest BCUT2D eigenvalue weighted by atomic mass is 32.1. The van der Waals surface area contributed by atoms with Crippen LogP contribution in [0.3, 0.4) is 0 Å². The summed E-state index contributed by atoms with van der Waals surface area (Å²) in [7, 11) is 2.99. The van der Waals surface area contributed by atoms with E-state index in [-0.39, 0.29) is 12.3 Å². The van der Waals surface area contributed by atoms with Crippen molar-refractivity contribution >= 4 is 33.5 Å². The van der Waals surface area contributed by atoms with Crippen molar-refractivity contribution in [3.05, 3.63) is 62.4 Å². The van der Waals surface area contributed by atoms with Crippen LogP contribution in [0.15, 0.2) is 45.6 Å². The fourth-order valence-corrected chi connectivity index (χ4v) is 4.07. The summed E-state index contributed by atoms with van der Waals surface area (Å²) < 4.78 is 4.03. The highest BCUT2D eigenvalue weighted by molar-refractivity contribution is 7.14. The molecule has 0 aliphatic carbocycles. The van der Waals surface area contributed by atoms with E-state index in [4.69, 9.17) is 5.26 Å². The van der Waals surface area contributed by atoms with Gasteiger partial charge in [0.1, 0.15) is 0 Å². The molecule has 0 saturated carbocycles. The fraction of sp³-hybridized carbons (Fsp3) is 0.238. The lowest BCUT2D eigenvalue weighted by molar-refractivity contribution is -0.116. The van der Waals surface area contributed by atoms with E-state index in [9.17, 15) is 14.4 Å². The van der Waals surface area contributed by atoms with E-state index in [1.807, 2.05) is 17.5 Å². The second-order valence-electron chi connectivity index (χ2n) is 7.19. The summed E-state index contributed by atoms with van der Waals surface area (Å²) in [5.41, 5.74) is 1.97. The molecule has 3 aromatic heterocycles. The molecule has 0 unspecified atom stereocenters. The van der Waals surface area contributed by atoms with Crippen LogP contribution in [0.25, 0.3) is 22.4 Å². The number of rotatable bonds is 6.